The summed E-state index contributed by atoms with van der Waals surface area (Å²) in [6.45, 7) is 9.32. The number of carbonyl (C=O) groups excluding carboxylic acids is 2. The summed E-state index contributed by atoms with van der Waals surface area (Å²) in [5.74, 6) is -1.61. The average Bonchev–Trinajstić information content (AvgIpc) is 2.67. The lowest BCUT2D eigenvalue weighted by molar-refractivity contribution is -0.143. The number of carbonyl (C=O) groups is 2. The molecule has 0 bridgehead atoms. The standard InChI is InChI=1S/C22H26Cl3NO4/c1-11(2)10-29-21(27)17-13(4)26-14(5)18(22(28)30-12(3)9-23)19(17)15-7-6-8-16(24)20(15)25/h6-8,11-12,19,26H,9-10H2,1-5H3. The van der Waals surface area contributed by atoms with E-state index in [0.717, 1.165) is 0 Å². The summed E-state index contributed by atoms with van der Waals surface area (Å²) < 4.78 is 11.0. The molecule has 2 rings (SSSR count). The van der Waals surface area contributed by atoms with Gasteiger partial charge in [0.15, 0.2) is 0 Å². The molecule has 1 aliphatic rings. The molecule has 0 saturated heterocycles. The molecular weight excluding hydrogens is 449 g/mol. The monoisotopic (exact) mass is 473 g/mol. The van der Waals surface area contributed by atoms with Crippen LogP contribution in [0.25, 0.3) is 0 Å². The van der Waals surface area contributed by atoms with E-state index in [0.29, 0.717) is 22.0 Å². The smallest absolute Gasteiger partial charge is 0.337 e. The Morgan fingerprint density at radius 2 is 1.67 bits per heavy atom. The molecule has 0 amide bonds. The SMILES string of the molecule is CC1=C(C(=O)OCC(C)C)C(c2cccc(Cl)c2Cl)C(C(=O)OC(C)CCl)=C(C)N1. The number of ether oxygens (including phenoxy) is 2. The van der Waals surface area contributed by atoms with Crippen LogP contribution in [-0.2, 0) is 19.1 Å². The van der Waals surface area contributed by atoms with Gasteiger partial charge >= 0.3 is 11.9 Å². The van der Waals surface area contributed by atoms with Crippen LogP contribution in [-0.4, -0.2) is 30.5 Å². The van der Waals surface area contributed by atoms with Crippen molar-refractivity contribution < 1.29 is 19.1 Å². The first-order valence-electron chi connectivity index (χ1n) is 9.64. The van der Waals surface area contributed by atoms with Gasteiger partial charge in [0.2, 0.25) is 0 Å². The summed E-state index contributed by atoms with van der Waals surface area (Å²) >= 11 is 18.6. The number of esters is 2. The van der Waals surface area contributed by atoms with Crippen molar-refractivity contribution in [3.63, 3.8) is 0 Å². The van der Waals surface area contributed by atoms with Gasteiger partial charge in [0.25, 0.3) is 0 Å². The van der Waals surface area contributed by atoms with Crippen molar-refractivity contribution in [2.75, 3.05) is 12.5 Å². The highest BCUT2D eigenvalue weighted by molar-refractivity contribution is 6.42. The number of rotatable bonds is 7. The number of dihydropyridines is 1. The summed E-state index contributed by atoms with van der Waals surface area (Å²) in [6.07, 6.45) is -0.502. The van der Waals surface area contributed by atoms with E-state index in [2.05, 4.69) is 5.32 Å². The summed E-state index contributed by atoms with van der Waals surface area (Å²) in [7, 11) is 0. The van der Waals surface area contributed by atoms with E-state index in [4.69, 9.17) is 44.3 Å². The van der Waals surface area contributed by atoms with E-state index in [9.17, 15) is 9.59 Å². The Bertz CT molecular complexity index is 892. The Morgan fingerprint density at radius 1 is 1.07 bits per heavy atom. The zero-order valence-electron chi connectivity index (χ0n) is 17.6. The molecule has 0 fully saturated rings. The van der Waals surface area contributed by atoms with Gasteiger partial charge in [-0.15, -0.1) is 11.6 Å². The van der Waals surface area contributed by atoms with Crippen molar-refractivity contribution in [2.45, 2.75) is 46.6 Å². The highest BCUT2D eigenvalue weighted by Crippen LogP contribution is 2.43. The van der Waals surface area contributed by atoms with Gasteiger partial charge < -0.3 is 14.8 Å². The fourth-order valence-corrected chi connectivity index (χ4v) is 3.67. The number of nitrogens with one attached hydrogen (secondary N) is 1. The topological polar surface area (TPSA) is 64.6 Å². The number of allylic oxidation sites excluding steroid dienone is 2. The molecule has 1 heterocycles. The van der Waals surface area contributed by atoms with Crippen LogP contribution >= 0.6 is 34.8 Å². The van der Waals surface area contributed by atoms with Crippen LogP contribution in [0.3, 0.4) is 0 Å². The highest BCUT2D eigenvalue weighted by Gasteiger charge is 2.39. The minimum atomic E-state index is -0.799. The van der Waals surface area contributed by atoms with E-state index < -0.39 is 24.0 Å². The first-order chi connectivity index (χ1) is 14.1. The first-order valence-corrected chi connectivity index (χ1v) is 10.9. The minimum absolute atomic E-state index is 0.145. The van der Waals surface area contributed by atoms with Crippen LogP contribution in [0.4, 0.5) is 0 Å². The van der Waals surface area contributed by atoms with Crippen molar-refractivity contribution in [3.8, 4) is 0 Å². The van der Waals surface area contributed by atoms with Crippen LogP contribution in [0.1, 0.15) is 46.1 Å². The Kier molecular flexibility index (Phi) is 8.65. The van der Waals surface area contributed by atoms with Crippen molar-refractivity contribution in [3.05, 3.63) is 56.3 Å². The number of benzene rings is 1. The van der Waals surface area contributed by atoms with E-state index >= 15 is 0 Å². The second-order valence-electron chi connectivity index (χ2n) is 7.64. The molecule has 1 aromatic carbocycles. The van der Waals surface area contributed by atoms with Crippen molar-refractivity contribution in [1.82, 2.24) is 5.32 Å². The molecule has 0 spiro atoms. The summed E-state index contributed by atoms with van der Waals surface area (Å²) in [4.78, 5) is 26.1. The van der Waals surface area contributed by atoms with Crippen LogP contribution in [0.15, 0.2) is 40.7 Å². The fraction of sp³-hybridized carbons (Fsp3) is 0.455. The van der Waals surface area contributed by atoms with Gasteiger partial charge in [0.1, 0.15) is 6.10 Å². The van der Waals surface area contributed by atoms with Crippen LogP contribution in [0, 0.1) is 5.92 Å². The van der Waals surface area contributed by atoms with Gasteiger partial charge in [-0.05, 0) is 38.3 Å². The average molecular weight is 475 g/mol. The maximum Gasteiger partial charge on any atom is 0.337 e. The molecule has 1 aromatic rings. The predicted octanol–water partition coefficient (Wildman–Crippen LogP) is 5.60. The Morgan fingerprint density at radius 3 is 2.23 bits per heavy atom. The van der Waals surface area contributed by atoms with Crippen molar-refractivity contribution in [1.29, 1.82) is 0 Å². The number of hydrogen-bond donors (Lipinski definition) is 1. The summed E-state index contributed by atoms with van der Waals surface area (Å²) in [6, 6.07) is 5.10. The maximum atomic E-state index is 13.1. The molecular formula is C22H26Cl3NO4. The van der Waals surface area contributed by atoms with Gasteiger partial charge in [-0.1, -0.05) is 49.2 Å². The normalized spacial score (nSPS) is 17.7. The van der Waals surface area contributed by atoms with Gasteiger partial charge in [0, 0.05) is 11.4 Å². The zero-order valence-corrected chi connectivity index (χ0v) is 19.9. The molecule has 164 valence electrons. The fourth-order valence-electron chi connectivity index (χ4n) is 3.19. The highest BCUT2D eigenvalue weighted by atomic mass is 35.5. The van der Waals surface area contributed by atoms with Crippen LogP contribution in [0.2, 0.25) is 10.0 Å². The van der Waals surface area contributed by atoms with Gasteiger partial charge in [0.05, 0.1) is 39.6 Å². The molecule has 5 nitrogen and oxygen atoms in total. The molecule has 2 unspecified atom stereocenters. The van der Waals surface area contributed by atoms with E-state index in [1.54, 1.807) is 39.0 Å². The molecule has 0 aromatic heterocycles. The van der Waals surface area contributed by atoms with E-state index in [1.165, 1.54) is 0 Å². The minimum Gasteiger partial charge on any atom is -0.462 e. The Hall–Kier alpha value is -1.69. The van der Waals surface area contributed by atoms with E-state index in [1.807, 2.05) is 13.8 Å². The largest absolute Gasteiger partial charge is 0.462 e. The van der Waals surface area contributed by atoms with Gasteiger partial charge in [-0.3, -0.25) is 0 Å². The molecule has 1 N–H and O–H groups in total. The molecule has 1 aliphatic heterocycles. The third-order valence-electron chi connectivity index (χ3n) is 4.57. The van der Waals surface area contributed by atoms with Gasteiger partial charge in [-0.25, -0.2) is 9.59 Å². The number of hydrogen-bond acceptors (Lipinski definition) is 5. The Balaban J connectivity index is 2.63. The second kappa shape index (κ2) is 10.6. The molecule has 2 atom stereocenters. The van der Waals surface area contributed by atoms with Crippen LogP contribution < -0.4 is 5.32 Å². The third kappa shape index (κ3) is 5.51. The predicted molar refractivity (Wildman–Crippen MR) is 120 cm³/mol. The summed E-state index contributed by atoms with van der Waals surface area (Å²) in [5, 5.41) is 3.68. The molecule has 0 radical (unpaired) electrons. The van der Waals surface area contributed by atoms with Crippen molar-refractivity contribution >= 4 is 46.7 Å². The summed E-state index contributed by atoms with van der Waals surface area (Å²) in [5.41, 5.74) is 2.20. The first kappa shape index (κ1) is 24.6. The Labute approximate surface area is 192 Å². The van der Waals surface area contributed by atoms with Crippen LogP contribution in [0.5, 0.6) is 0 Å². The van der Waals surface area contributed by atoms with E-state index in [-0.39, 0.29) is 34.6 Å². The molecule has 0 aliphatic carbocycles. The zero-order chi connectivity index (χ0) is 22.6. The molecule has 8 heteroatoms. The third-order valence-corrected chi connectivity index (χ3v) is 5.83. The lowest BCUT2D eigenvalue weighted by atomic mass is 9.80. The lowest BCUT2D eigenvalue weighted by Gasteiger charge is -2.31. The molecule has 0 saturated carbocycles. The second-order valence-corrected chi connectivity index (χ2v) is 8.73. The quantitative estimate of drug-likeness (QED) is 0.412. The maximum absolute atomic E-state index is 13.1. The number of alkyl halides is 1. The molecule has 30 heavy (non-hydrogen) atoms. The van der Waals surface area contributed by atoms with Crippen molar-refractivity contribution in [2.24, 2.45) is 5.92 Å². The number of halogens is 3. The van der Waals surface area contributed by atoms with Gasteiger partial charge in [-0.2, -0.15) is 0 Å². The lowest BCUT2D eigenvalue weighted by Crippen LogP contribution is -2.34.